The van der Waals surface area contributed by atoms with Gasteiger partial charge in [0.15, 0.2) is 0 Å². The zero-order valence-electron chi connectivity index (χ0n) is 38.5. The van der Waals surface area contributed by atoms with Crippen molar-refractivity contribution < 1.29 is 83.1 Å². The summed E-state index contributed by atoms with van der Waals surface area (Å²) in [6.45, 7) is 2.56. The number of carboxylic acids is 2. The van der Waals surface area contributed by atoms with Crippen LogP contribution in [0.1, 0.15) is 78.6 Å². The fraction of sp³-hybridized carbons (Fsp3) is 0.700. The minimum absolute atomic E-state index is 0.00513. The maximum Gasteiger partial charge on any atom is 0.326 e. The molecule has 2 rings (SSSR count). The number of primary amides is 2. The summed E-state index contributed by atoms with van der Waals surface area (Å²) in [5, 5.41) is 63.8. The summed E-state index contributed by atoms with van der Waals surface area (Å²) in [6.07, 6.45) is -6.55. The number of carbonyl (C=O) groups is 12. The Morgan fingerprint density at radius 3 is 1.68 bits per heavy atom. The molecule has 2 fully saturated rings. The van der Waals surface area contributed by atoms with Crippen LogP contribution in [0.25, 0.3) is 0 Å². The fourth-order valence-electron chi connectivity index (χ4n) is 7.46. The Balaban J connectivity index is 2.28. The minimum atomic E-state index is -1.80. The summed E-state index contributed by atoms with van der Waals surface area (Å²) in [5.74, 6) is -13.8. The van der Waals surface area contributed by atoms with Crippen LogP contribution in [0, 0.1) is 5.92 Å². The average Bonchev–Trinajstić information content (AvgIpc) is 3.85. The minimum Gasteiger partial charge on any atom is -0.481 e. The Morgan fingerprint density at radius 2 is 1.17 bits per heavy atom. The van der Waals surface area contributed by atoms with Crippen LogP contribution in [-0.2, 0) is 57.5 Å². The second-order valence-electron chi connectivity index (χ2n) is 17.2. The van der Waals surface area contributed by atoms with Gasteiger partial charge in [-0.25, -0.2) is 4.79 Å². The highest BCUT2D eigenvalue weighted by Crippen LogP contribution is 2.23. The van der Waals surface area contributed by atoms with E-state index in [1.165, 1.54) is 13.8 Å². The van der Waals surface area contributed by atoms with E-state index in [0.717, 1.165) is 16.7 Å². The summed E-state index contributed by atoms with van der Waals surface area (Å²) in [7, 11) is 0. The first-order chi connectivity index (χ1) is 32.2. The summed E-state index contributed by atoms with van der Waals surface area (Å²) in [6, 6.07) is -12.4. The van der Waals surface area contributed by atoms with Crippen LogP contribution in [0.3, 0.4) is 0 Å². The summed E-state index contributed by atoms with van der Waals surface area (Å²) >= 11 is 0. The Bertz CT molecular complexity index is 1920. The Kier molecular flexibility index (Phi) is 23.3. The van der Waals surface area contributed by atoms with E-state index in [0.29, 0.717) is 12.8 Å². The molecule has 0 aromatic heterocycles. The number of likely N-dealkylation sites (tertiary alicyclic amines) is 2. The summed E-state index contributed by atoms with van der Waals surface area (Å²) in [4.78, 5) is 155. The average molecular weight is 987 g/mol. The second-order valence-corrected chi connectivity index (χ2v) is 17.2. The molecular weight excluding hydrogens is 921 g/mol. The number of unbranched alkanes of at least 4 members (excludes halogenated alkanes) is 1. The van der Waals surface area contributed by atoms with E-state index in [1.807, 2.05) is 5.32 Å². The first-order valence-electron chi connectivity index (χ1n) is 22.1. The molecule has 69 heavy (non-hydrogen) atoms. The topological polar surface area (TPSA) is 489 Å². The van der Waals surface area contributed by atoms with Crippen LogP contribution >= 0.6 is 0 Å². The normalized spacial score (nSPS) is 20.8. The van der Waals surface area contributed by atoms with Crippen LogP contribution in [-0.4, -0.2) is 199 Å². The van der Waals surface area contributed by atoms with Crippen LogP contribution in [0.5, 0.6) is 0 Å². The number of carbonyl (C=O) groups excluding carboxylic acids is 10. The molecule has 0 spiro atoms. The van der Waals surface area contributed by atoms with Crippen molar-refractivity contribution in [2.45, 2.75) is 145 Å². The number of aliphatic hydroxyl groups excluding tert-OH is 3. The van der Waals surface area contributed by atoms with E-state index >= 15 is 0 Å². The zero-order chi connectivity index (χ0) is 52.4. The predicted octanol–water partition coefficient (Wildman–Crippen LogP) is -8.36. The lowest BCUT2D eigenvalue weighted by Gasteiger charge is -2.32. The number of hydrogen-bond acceptors (Lipinski definition) is 17. The maximum absolute atomic E-state index is 14.0. The zero-order valence-corrected chi connectivity index (χ0v) is 38.5. The Morgan fingerprint density at radius 1 is 0.638 bits per heavy atom. The summed E-state index contributed by atoms with van der Waals surface area (Å²) < 4.78 is 0. The second kappa shape index (κ2) is 27.4. The van der Waals surface area contributed by atoms with Gasteiger partial charge in [-0.15, -0.1) is 0 Å². The van der Waals surface area contributed by atoms with Crippen molar-refractivity contribution in [2.75, 3.05) is 26.2 Å². The highest BCUT2D eigenvalue weighted by Gasteiger charge is 2.46. The molecule has 2 heterocycles. The summed E-state index contributed by atoms with van der Waals surface area (Å²) in [5.41, 5.74) is 21.8. The lowest BCUT2D eigenvalue weighted by Crippen LogP contribution is -2.62. The number of aliphatic carboxylic acids is 2. The Labute approximate surface area is 395 Å². The maximum atomic E-state index is 14.0. The third kappa shape index (κ3) is 18.5. The van der Waals surface area contributed by atoms with Crippen molar-refractivity contribution >= 4 is 71.0 Å². The first kappa shape index (κ1) is 58.6. The molecular formula is C40H66N12O17. The molecule has 11 atom stereocenters. The molecule has 0 radical (unpaired) electrons. The van der Waals surface area contributed by atoms with Gasteiger partial charge >= 0.3 is 11.9 Å². The predicted molar refractivity (Wildman–Crippen MR) is 234 cm³/mol. The lowest BCUT2D eigenvalue weighted by atomic mass is 10.0. The molecule has 0 bridgehead atoms. The van der Waals surface area contributed by atoms with Crippen LogP contribution in [0.2, 0.25) is 0 Å². The van der Waals surface area contributed by atoms with Gasteiger partial charge < -0.3 is 90.2 Å². The lowest BCUT2D eigenvalue weighted by molar-refractivity contribution is -0.145. The number of nitrogens with one attached hydrogen (secondary N) is 6. The molecule has 2 aliphatic heterocycles. The third-order valence-electron chi connectivity index (χ3n) is 11.1. The molecule has 10 amide bonds. The molecule has 0 unspecified atom stereocenters. The van der Waals surface area contributed by atoms with Crippen molar-refractivity contribution in [2.24, 2.45) is 28.9 Å². The number of amides is 10. The van der Waals surface area contributed by atoms with Gasteiger partial charge in [0.1, 0.15) is 42.3 Å². The molecule has 0 aliphatic carbocycles. The van der Waals surface area contributed by atoms with Crippen molar-refractivity contribution in [1.82, 2.24) is 41.7 Å². The van der Waals surface area contributed by atoms with Gasteiger partial charge in [0.25, 0.3) is 0 Å². The van der Waals surface area contributed by atoms with Crippen LogP contribution in [0.15, 0.2) is 0 Å². The molecule has 0 saturated carbocycles. The SMILES string of the molecule is CC(C)[C@H](NC(=O)[C@@H]1C[C@@H](O)CN1C(=O)[C@@H](NC(=O)[C@H](CCCCN)NC(=O)[C@@H](N)CCC(=O)O)[C@@H](C)O)C(=O)N[C@@H](CC(N)=O)C(=O)N1C[C@H](O)C[C@H]1C(=O)NCC(=O)N[C@@H](CC(N)=O)C(=O)O. The molecule has 0 aromatic carbocycles. The van der Waals surface area contributed by atoms with Crippen molar-refractivity contribution in [1.29, 1.82) is 0 Å². The van der Waals surface area contributed by atoms with E-state index < -0.39 is 182 Å². The number of hydrogen-bond donors (Lipinski definition) is 15. The number of rotatable bonds is 28. The largest absolute Gasteiger partial charge is 0.481 e. The van der Waals surface area contributed by atoms with Crippen LogP contribution < -0.4 is 54.8 Å². The van der Waals surface area contributed by atoms with E-state index in [2.05, 4.69) is 26.6 Å². The van der Waals surface area contributed by atoms with Gasteiger partial charge in [-0.3, -0.25) is 52.7 Å². The fourth-order valence-corrected chi connectivity index (χ4v) is 7.46. The molecule has 29 heteroatoms. The van der Waals surface area contributed by atoms with Crippen molar-refractivity contribution in [3.05, 3.63) is 0 Å². The first-order valence-corrected chi connectivity index (χ1v) is 22.1. The number of β-amino-alcohol motifs (C(OH)–C–C–N with tert-alkyl or cyclic N) is 2. The molecule has 2 aliphatic rings. The Hall–Kier alpha value is -6.56. The van der Waals surface area contributed by atoms with Gasteiger partial charge in [-0.2, -0.15) is 0 Å². The number of nitrogens with zero attached hydrogens (tertiary/aromatic N) is 2. The molecule has 29 nitrogen and oxygen atoms in total. The number of carboxylic acid groups (broad SMARTS) is 2. The smallest absolute Gasteiger partial charge is 0.326 e. The number of nitrogens with two attached hydrogens (primary N) is 4. The van der Waals surface area contributed by atoms with E-state index in [1.54, 1.807) is 0 Å². The van der Waals surface area contributed by atoms with Crippen molar-refractivity contribution in [3.63, 3.8) is 0 Å². The molecule has 19 N–H and O–H groups in total. The van der Waals surface area contributed by atoms with Crippen molar-refractivity contribution in [3.8, 4) is 0 Å². The quantitative estimate of drug-likeness (QED) is 0.0324. The van der Waals surface area contributed by atoms with Gasteiger partial charge in [-0.1, -0.05) is 13.8 Å². The highest BCUT2D eigenvalue weighted by atomic mass is 16.4. The van der Waals surface area contributed by atoms with Gasteiger partial charge in [0, 0.05) is 32.4 Å². The monoisotopic (exact) mass is 986 g/mol. The van der Waals surface area contributed by atoms with Gasteiger partial charge in [0.2, 0.25) is 59.1 Å². The van der Waals surface area contributed by atoms with E-state index in [9.17, 15) is 78.0 Å². The molecule has 388 valence electrons. The standard InChI is InChI=1S/C40H66N12O17/c1-17(2)31(37(65)48-23(12-27(43)56)38(66)51-15-19(54)10-25(51)35(63)45-14-29(58)46-24(40(68)69)13-28(44)57)49-36(64)26-11-20(55)16-52(26)39(67)32(18(3)53)50-34(62)22(6-4-5-9-41)47-33(61)21(42)7-8-30(59)60/h17-26,31-32,53-55H,4-16,41-42H2,1-3H3,(H2,43,56)(H2,44,57)(H,45,63)(H,46,58)(H,47,61)(H,48,65)(H,49,64)(H,50,62)(H,59,60)(H,68,69)/t18-,19-,20-,21+,22+,23+,24+,25+,26+,31+,32+/m1/s1. The van der Waals surface area contributed by atoms with E-state index in [4.69, 9.17) is 28.0 Å². The van der Waals surface area contributed by atoms with Crippen LogP contribution in [0.4, 0.5) is 0 Å². The highest BCUT2D eigenvalue weighted by molar-refractivity contribution is 5.99. The third-order valence-corrected chi connectivity index (χ3v) is 11.1. The number of aliphatic hydroxyl groups is 3. The molecule has 0 aromatic rings. The van der Waals surface area contributed by atoms with Gasteiger partial charge in [0.05, 0.1) is 43.7 Å². The van der Waals surface area contributed by atoms with E-state index in [-0.39, 0.29) is 32.2 Å². The van der Waals surface area contributed by atoms with Gasteiger partial charge in [-0.05, 0) is 45.1 Å². The molecule has 2 saturated heterocycles.